The topological polar surface area (TPSA) is 26.0 Å². The number of rotatable bonds is 4. The van der Waals surface area contributed by atoms with Crippen molar-refractivity contribution in [2.45, 2.75) is 29.6 Å². The third-order valence-corrected chi connectivity index (χ3v) is 3.88. The predicted molar refractivity (Wildman–Crippen MR) is 62.8 cm³/mol. The van der Waals surface area contributed by atoms with Crippen LogP contribution in [0.15, 0.2) is 29.2 Å². The lowest BCUT2D eigenvalue weighted by Gasteiger charge is -2.14. The molecule has 0 radical (unpaired) electrons. The van der Waals surface area contributed by atoms with Gasteiger partial charge in [0.05, 0.1) is 0 Å². The largest absolute Gasteiger partial charge is 0.330 e. The lowest BCUT2D eigenvalue weighted by molar-refractivity contribution is 0.628. The molecule has 1 saturated carbocycles. The summed E-state index contributed by atoms with van der Waals surface area (Å²) in [7, 11) is 0. The fourth-order valence-corrected chi connectivity index (χ4v) is 2.52. The molecule has 0 saturated heterocycles. The van der Waals surface area contributed by atoms with Crippen molar-refractivity contribution in [2.24, 2.45) is 5.73 Å². The van der Waals surface area contributed by atoms with E-state index in [0.29, 0.717) is 5.41 Å². The van der Waals surface area contributed by atoms with Gasteiger partial charge in [-0.25, -0.2) is 0 Å². The predicted octanol–water partition coefficient (Wildman–Crippen LogP) is 2.79. The SMILES string of the molecule is CSc1cccc(C2(CCN)CC2)c1. The van der Waals surface area contributed by atoms with Crippen molar-refractivity contribution in [3.63, 3.8) is 0 Å². The van der Waals surface area contributed by atoms with E-state index in [9.17, 15) is 0 Å². The zero-order chi connectivity index (χ0) is 10.0. The summed E-state index contributed by atoms with van der Waals surface area (Å²) >= 11 is 1.81. The smallest absolute Gasteiger partial charge is 0.00720 e. The summed E-state index contributed by atoms with van der Waals surface area (Å²) in [6, 6.07) is 8.92. The van der Waals surface area contributed by atoms with E-state index in [1.165, 1.54) is 23.3 Å². The minimum Gasteiger partial charge on any atom is -0.330 e. The summed E-state index contributed by atoms with van der Waals surface area (Å²) < 4.78 is 0. The Kier molecular flexibility index (Phi) is 2.84. The molecule has 0 spiro atoms. The van der Waals surface area contributed by atoms with Crippen molar-refractivity contribution >= 4 is 11.8 Å². The molecule has 2 N–H and O–H groups in total. The first kappa shape index (κ1) is 10.1. The maximum absolute atomic E-state index is 5.66. The average Bonchev–Trinajstić information content (AvgIpc) is 3.00. The lowest BCUT2D eigenvalue weighted by Crippen LogP contribution is -2.13. The highest BCUT2D eigenvalue weighted by Crippen LogP contribution is 2.51. The highest BCUT2D eigenvalue weighted by atomic mass is 32.2. The summed E-state index contributed by atoms with van der Waals surface area (Å²) in [6.45, 7) is 0.809. The molecule has 1 aromatic carbocycles. The van der Waals surface area contributed by atoms with E-state index in [1.807, 2.05) is 11.8 Å². The van der Waals surface area contributed by atoms with Crippen LogP contribution in [0.1, 0.15) is 24.8 Å². The van der Waals surface area contributed by atoms with E-state index in [2.05, 4.69) is 30.5 Å². The number of thioether (sulfide) groups is 1. The molecule has 2 rings (SSSR count). The Morgan fingerprint density at radius 2 is 2.21 bits per heavy atom. The van der Waals surface area contributed by atoms with Crippen molar-refractivity contribution in [3.8, 4) is 0 Å². The highest BCUT2D eigenvalue weighted by Gasteiger charge is 2.43. The third-order valence-electron chi connectivity index (χ3n) is 3.16. The molecular weight excluding hydrogens is 190 g/mol. The molecule has 1 aromatic rings. The first-order valence-electron chi connectivity index (χ1n) is 5.15. The van der Waals surface area contributed by atoms with E-state index in [4.69, 9.17) is 5.73 Å². The minimum absolute atomic E-state index is 0.445. The Balaban J connectivity index is 2.23. The standard InChI is InChI=1S/C12H17NS/c1-14-11-4-2-3-10(9-11)12(5-6-12)7-8-13/h2-4,9H,5-8,13H2,1H3. The molecule has 2 heteroatoms. The van der Waals surface area contributed by atoms with Crippen LogP contribution in [0.3, 0.4) is 0 Å². The van der Waals surface area contributed by atoms with Crippen LogP contribution in [0.2, 0.25) is 0 Å². The van der Waals surface area contributed by atoms with E-state index >= 15 is 0 Å². The summed E-state index contributed by atoms with van der Waals surface area (Å²) in [5, 5.41) is 0. The van der Waals surface area contributed by atoms with E-state index < -0.39 is 0 Å². The fraction of sp³-hybridized carbons (Fsp3) is 0.500. The molecule has 0 aliphatic heterocycles. The van der Waals surface area contributed by atoms with Crippen LogP contribution in [0.25, 0.3) is 0 Å². The Labute approximate surface area is 90.1 Å². The van der Waals surface area contributed by atoms with Crippen molar-refractivity contribution in [2.75, 3.05) is 12.8 Å². The van der Waals surface area contributed by atoms with Crippen LogP contribution < -0.4 is 5.73 Å². The zero-order valence-corrected chi connectivity index (χ0v) is 9.44. The van der Waals surface area contributed by atoms with Gasteiger partial charge in [0.25, 0.3) is 0 Å². The van der Waals surface area contributed by atoms with Gasteiger partial charge in [-0.2, -0.15) is 0 Å². The van der Waals surface area contributed by atoms with Crippen LogP contribution in [0.4, 0.5) is 0 Å². The maximum atomic E-state index is 5.66. The van der Waals surface area contributed by atoms with Gasteiger partial charge < -0.3 is 5.73 Å². The van der Waals surface area contributed by atoms with Crippen LogP contribution in [0.5, 0.6) is 0 Å². The molecule has 1 aliphatic rings. The Bertz CT molecular complexity index is 318. The van der Waals surface area contributed by atoms with Gasteiger partial charge in [0, 0.05) is 4.90 Å². The summed E-state index contributed by atoms with van der Waals surface area (Å²) in [4.78, 5) is 1.37. The second kappa shape index (κ2) is 3.95. The van der Waals surface area contributed by atoms with Crippen molar-refractivity contribution < 1.29 is 0 Å². The molecule has 0 amide bonds. The molecule has 14 heavy (non-hydrogen) atoms. The van der Waals surface area contributed by atoms with E-state index in [-0.39, 0.29) is 0 Å². The first-order chi connectivity index (χ1) is 6.80. The van der Waals surface area contributed by atoms with Gasteiger partial charge >= 0.3 is 0 Å². The molecule has 1 fully saturated rings. The van der Waals surface area contributed by atoms with Crippen molar-refractivity contribution in [1.82, 2.24) is 0 Å². The summed E-state index contributed by atoms with van der Waals surface area (Å²) in [6.07, 6.45) is 5.91. The first-order valence-corrected chi connectivity index (χ1v) is 6.38. The van der Waals surface area contributed by atoms with Gasteiger partial charge in [-0.1, -0.05) is 12.1 Å². The molecule has 1 aliphatic carbocycles. The van der Waals surface area contributed by atoms with Crippen molar-refractivity contribution in [3.05, 3.63) is 29.8 Å². The van der Waals surface area contributed by atoms with Gasteiger partial charge in [-0.05, 0) is 55.2 Å². The Hall–Kier alpha value is -0.470. The fourth-order valence-electron chi connectivity index (χ4n) is 2.06. The van der Waals surface area contributed by atoms with Crippen LogP contribution in [0, 0.1) is 0 Å². The highest BCUT2D eigenvalue weighted by molar-refractivity contribution is 7.98. The van der Waals surface area contributed by atoms with Crippen molar-refractivity contribution in [1.29, 1.82) is 0 Å². The molecule has 1 nitrogen and oxygen atoms in total. The normalized spacial score (nSPS) is 18.1. The molecule has 0 aromatic heterocycles. The van der Waals surface area contributed by atoms with Gasteiger partial charge in [0.1, 0.15) is 0 Å². The van der Waals surface area contributed by atoms with Crippen LogP contribution in [-0.2, 0) is 5.41 Å². The Morgan fingerprint density at radius 1 is 1.43 bits per heavy atom. The maximum Gasteiger partial charge on any atom is 0.00720 e. The number of nitrogens with two attached hydrogens (primary N) is 1. The van der Waals surface area contributed by atoms with Gasteiger partial charge in [-0.3, -0.25) is 0 Å². The number of benzene rings is 1. The minimum atomic E-state index is 0.445. The second-order valence-corrected chi connectivity index (χ2v) is 4.93. The summed E-state index contributed by atoms with van der Waals surface area (Å²) in [5.41, 5.74) is 7.60. The molecule has 76 valence electrons. The molecule has 0 heterocycles. The lowest BCUT2D eigenvalue weighted by atomic mass is 9.93. The molecular formula is C12H17NS. The monoisotopic (exact) mass is 207 g/mol. The Morgan fingerprint density at radius 3 is 2.79 bits per heavy atom. The average molecular weight is 207 g/mol. The van der Waals surface area contributed by atoms with E-state index in [0.717, 1.165) is 13.0 Å². The van der Waals surface area contributed by atoms with E-state index in [1.54, 1.807) is 0 Å². The zero-order valence-electron chi connectivity index (χ0n) is 8.62. The number of hydrogen-bond acceptors (Lipinski definition) is 2. The van der Waals surface area contributed by atoms with Gasteiger partial charge in [0.2, 0.25) is 0 Å². The van der Waals surface area contributed by atoms with Gasteiger partial charge in [-0.15, -0.1) is 11.8 Å². The number of hydrogen-bond donors (Lipinski definition) is 1. The molecule has 0 bridgehead atoms. The van der Waals surface area contributed by atoms with Crippen LogP contribution in [-0.4, -0.2) is 12.8 Å². The molecule has 0 atom stereocenters. The van der Waals surface area contributed by atoms with Crippen LogP contribution >= 0.6 is 11.8 Å². The second-order valence-electron chi connectivity index (χ2n) is 4.05. The van der Waals surface area contributed by atoms with Gasteiger partial charge in [0.15, 0.2) is 0 Å². The summed E-state index contributed by atoms with van der Waals surface area (Å²) in [5.74, 6) is 0. The third kappa shape index (κ3) is 1.82. The molecule has 0 unspecified atom stereocenters. The quantitative estimate of drug-likeness (QED) is 0.768.